The Morgan fingerprint density at radius 2 is 1.89 bits per heavy atom. The summed E-state index contributed by atoms with van der Waals surface area (Å²) < 4.78 is 0. The summed E-state index contributed by atoms with van der Waals surface area (Å²) in [4.78, 5) is 9.27. The quantitative estimate of drug-likeness (QED) is 0.720. The zero-order valence-electron chi connectivity index (χ0n) is 11.3. The van der Waals surface area contributed by atoms with Crippen LogP contribution in [0, 0.1) is 0 Å². The van der Waals surface area contributed by atoms with E-state index < -0.39 is 0 Å². The molecular formula is C16H17N3. The maximum Gasteiger partial charge on any atom is 0.129 e. The molecule has 3 aromatic rings. The fourth-order valence-corrected chi connectivity index (χ4v) is 2.41. The highest BCUT2D eigenvalue weighted by molar-refractivity contribution is 6.03. The van der Waals surface area contributed by atoms with Crippen molar-refractivity contribution in [1.29, 1.82) is 0 Å². The van der Waals surface area contributed by atoms with Crippen molar-refractivity contribution >= 4 is 27.6 Å². The summed E-state index contributed by atoms with van der Waals surface area (Å²) in [7, 11) is 0. The second-order valence-corrected chi connectivity index (χ2v) is 4.59. The summed E-state index contributed by atoms with van der Waals surface area (Å²) in [5, 5.41) is 5.64. The molecule has 3 heteroatoms. The van der Waals surface area contributed by atoms with Gasteiger partial charge in [0.15, 0.2) is 0 Å². The van der Waals surface area contributed by atoms with E-state index in [2.05, 4.69) is 48.4 Å². The van der Waals surface area contributed by atoms with Gasteiger partial charge >= 0.3 is 0 Å². The van der Waals surface area contributed by atoms with Crippen LogP contribution >= 0.6 is 0 Å². The predicted molar refractivity (Wildman–Crippen MR) is 80.6 cm³/mol. The maximum absolute atomic E-state index is 4.79. The molecule has 0 radical (unpaired) electrons. The smallest absolute Gasteiger partial charge is 0.129 e. The van der Waals surface area contributed by atoms with E-state index in [0.717, 1.165) is 40.6 Å². The van der Waals surface area contributed by atoms with Gasteiger partial charge in [-0.1, -0.05) is 25.1 Å². The van der Waals surface area contributed by atoms with Crippen LogP contribution in [0.15, 0.2) is 36.5 Å². The number of nitrogens with one attached hydrogen (secondary N) is 1. The lowest BCUT2D eigenvalue weighted by Gasteiger charge is -2.11. The van der Waals surface area contributed by atoms with Gasteiger partial charge in [-0.15, -0.1) is 0 Å². The molecular weight excluding hydrogens is 234 g/mol. The van der Waals surface area contributed by atoms with E-state index in [0.29, 0.717) is 0 Å². The molecule has 0 saturated carbocycles. The molecule has 3 nitrogen and oxygen atoms in total. The van der Waals surface area contributed by atoms with Gasteiger partial charge in [-0.2, -0.15) is 0 Å². The number of hydrogen-bond acceptors (Lipinski definition) is 3. The molecule has 3 rings (SSSR count). The summed E-state index contributed by atoms with van der Waals surface area (Å²) >= 11 is 0. The zero-order chi connectivity index (χ0) is 13.2. The largest absolute Gasteiger partial charge is 0.370 e. The standard InChI is InChI=1S/C16H17N3/c1-3-11-10-13-8-7-12-6-5-9-18-14(12)15(13)19-16(11)17-4-2/h5-10H,3-4H2,1-2H3,(H,17,19). The molecule has 0 aliphatic carbocycles. The monoisotopic (exact) mass is 251 g/mol. The minimum absolute atomic E-state index is 0.879. The summed E-state index contributed by atoms with van der Waals surface area (Å²) in [6, 6.07) is 10.5. The van der Waals surface area contributed by atoms with Crippen LogP contribution in [-0.4, -0.2) is 16.5 Å². The fraction of sp³-hybridized carbons (Fsp3) is 0.250. The molecule has 1 N–H and O–H groups in total. The lowest BCUT2D eigenvalue weighted by atomic mass is 10.1. The Morgan fingerprint density at radius 1 is 1.05 bits per heavy atom. The Bertz CT molecular complexity index is 734. The van der Waals surface area contributed by atoms with Crippen molar-refractivity contribution in [3.63, 3.8) is 0 Å². The molecule has 0 bridgehead atoms. The minimum Gasteiger partial charge on any atom is -0.370 e. The Hall–Kier alpha value is -2.16. The SMILES string of the molecule is CCNc1nc2c(ccc3cccnc32)cc1CC. The number of hydrogen-bond donors (Lipinski definition) is 1. The molecule has 2 aromatic heterocycles. The van der Waals surface area contributed by atoms with Crippen LogP contribution in [0.2, 0.25) is 0 Å². The molecule has 0 fully saturated rings. The van der Waals surface area contributed by atoms with Gasteiger partial charge in [0.05, 0.1) is 11.0 Å². The Kier molecular flexibility index (Phi) is 3.03. The van der Waals surface area contributed by atoms with Gasteiger partial charge < -0.3 is 5.32 Å². The first-order valence-corrected chi connectivity index (χ1v) is 6.74. The number of anilines is 1. The van der Waals surface area contributed by atoms with Crippen LogP contribution in [0.1, 0.15) is 19.4 Å². The van der Waals surface area contributed by atoms with Gasteiger partial charge in [-0.3, -0.25) is 4.98 Å². The van der Waals surface area contributed by atoms with E-state index >= 15 is 0 Å². The summed E-state index contributed by atoms with van der Waals surface area (Å²) in [6.45, 7) is 5.12. The van der Waals surface area contributed by atoms with Crippen molar-refractivity contribution < 1.29 is 0 Å². The molecule has 0 atom stereocenters. The third kappa shape index (κ3) is 2.01. The van der Waals surface area contributed by atoms with Crippen LogP contribution in [-0.2, 0) is 6.42 Å². The van der Waals surface area contributed by atoms with E-state index in [1.54, 1.807) is 0 Å². The van der Waals surface area contributed by atoms with E-state index in [1.165, 1.54) is 5.56 Å². The highest BCUT2D eigenvalue weighted by Crippen LogP contribution is 2.26. The average molecular weight is 251 g/mol. The van der Waals surface area contributed by atoms with E-state index in [9.17, 15) is 0 Å². The topological polar surface area (TPSA) is 37.8 Å². The van der Waals surface area contributed by atoms with Crippen molar-refractivity contribution in [3.05, 3.63) is 42.1 Å². The lowest BCUT2D eigenvalue weighted by Crippen LogP contribution is -2.03. The summed E-state index contributed by atoms with van der Waals surface area (Å²) in [5.41, 5.74) is 3.21. The second kappa shape index (κ2) is 4.84. The van der Waals surface area contributed by atoms with Gasteiger partial charge in [0.2, 0.25) is 0 Å². The third-order valence-electron chi connectivity index (χ3n) is 3.36. The molecule has 0 aliphatic heterocycles. The van der Waals surface area contributed by atoms with Crippen molar-refractivity contribution in [2.24, 2.45) is 0 Å². The highest BCUT2D eigenvalue weighted by Gasteiger charge is 2.08. The molecule has 0 unspecified atom stereocenters. The molecule has 0 spiro atoms. The van der Waals surface area contributed by atoms with Crippen LogP contribution in [0.5, 0.6) is 0 Å². The zero-order valence-corrected chi connectivity index (χ0v) is 11.3. The Labute approximate surface area is 112 Å². The number of benzene rings is 1. The number of nitrogens with zero attached hydrogens (tertiary/aromatic N) is 2. The summed E-state index contributed by atoms with van der Waals surface area (Å²) in [5.74, 6) is 0.982. The minimum atomic E-state index is 0.879. The molecule has 1 aromatic carbocycles. The Balaban J connectivity index is 2.35. The van der Waals surface area contributed by atoms with E-state index in [1.807, 2.05) is 12.3 Å². The highest BCUT2D eigenvalue weighted by atomic mass is 15.0. The third-order valence-corrected chi connectivity index (χ3v) is 3.36. The van der Waals surface area contributed by atoms with Crippen LogP contribution < -0.4 is 5.32 Å². The normalized spacial score (nSPS) is 11.1. The van der Waals surface area contributed by atoms with Crippen molar-refractivity contribution in [2.45, 2.75) is 20.3 Å². The van der Waals surface area contributed by atoms with Crippen LogP contribution in [0.25, 0.3) is 21.8 Å². The molecule has 0 aliphatic rings. The van der Waals surface area contributed by atoms with E-state index in [-0.39, 0.29) is 0 Å². The summed E-state index contributed by atoms with van der Waals surface area (Å²) in [6.07, 6.45) is 2.80. The van der Waals surface area contributed by atoms with Gasteiger partial charge in [-0.25, -0.2) is 4.98 Å². The first-order valence-electron chi connectivity index (χ1n) is 6.74. The molecule has 0 amide bonds. The van der Waals surface area contributed by atoms with Crippen LogP contribution in [0.3, 0.4) is 0 Å². The number of fused-ring (bicyclic) bond motifs is 3. The molecule has 2 heterocycles. The van der Waals surface area contributed by atoms with Gasteiger partial charge in [0, 0.05) is 23.5 Å². The second-order valence-electron chi connectivity index (χ2n) is 4.59. The molecule has 0 saturated heterocycles. The molecule has 96 valence electrons. The van der Waals surface area contributed by atoms with Crippen LogP contribution in [0.4, 0.5) is 5.82 Å². The predicted octanol–water partition coefficient (Wildman–Crippen LogP) is 3.78. The maximum atomic E-state index is 4.79. The number of pyridine rings is 2. The number of rotatable bonds is 3. The van der Waals surface area contributed by atoms with Gasteiger partial charge in [-0.05, 0) is 31.0 Å². The average Bonchev–Trinajstić information content (AvgIpc) is 2.47. The van der Waals surface area contributed by atoms with Crippen molar-refractivity contribution in [1.82, 2.24) is 9.97 Å². The van der Waals surface area contributed by atoms with Crippen molar-refractivity contribution in [2.75, 3.05) is 11.9 Å². The lowest BCUT2D eigenvalue weighted by molar-refractivity contribution is 1.09. The first kappa shape index (κ1) is 11.9. The molecule has 19 heavy (non-hydrogen) atoms. The van der Waals surface area contributed by atoms with E-state index in [4.69, 9.17) is 4.98 Å². The number of aromatic nitrogens is 2. The van der Waals surface area contributed by atoms with Gasteiger partial charge in [0.1, 0.15) is 5.82 Å². The fourth-order valence-electron chi connectivity index (χ4n) is 2.41. The van der Waals surface area contributed by atoms with Gasteiger partial charge in [0.25, 0.3) is 0 Å². The number of aryl methyl sites for hydroxylation is 1. The van der Waals surface area contributed by atoms with Crippen molar-refractivity contribution in [3.8, 4) is 0 Å². The Morgan fingerprint density at radius 3 is 2.68 bits per heavy atom. The first-order chi connectivity index (χ1) is 9.33.